The molecule has 0 aliphatic rings. The van der Waals surface area contributed by atoms with Crippen molar-refractivity contribution >= 4 is 23.5 Å². The first-order chi connectivity index (χ1) is 11.3. The zero-order chi connectivity index (χ0) is 16.1. The molecule has 4 nitrogen and oxygen atoms in total. The summed E-state index contributed by atoms with van der Waals surface area (Å²) >= 11 is 1.49. The van der Waals surface area contributed by atoms with Crippen LogP contribution in [0, 0.1) is 0 Å². The largest absolute Gasteiger partial charge is 0.464 e. The Morgan fingerprint density at radius 3 is 2.57 bits per heavy atom. The second kappa shape index (κ2) is 7.07. The molecule has 0 unspecified atom stereocenters. The van der Waals surface area contributed by atoms with Crippen LogP contribution in [-0.4, -0.2) is 13.0 Å². The van der Waals surface area contributed by atoms with Crippen molar-refractivity contribution in [3.63, 3.8) is 0 Å². The van der Waals surface area contributed by atoms with Crippen LogP contribution in [0.1, 0.15) is 10.4 Å². The highest BCUT2D eigenvalue weighted by molar-refractivity contribution is 8.00. The third-order valence-corrected chi connectivity index (χ3v) is 4.15. The van der Waals surface area contributed by atoms with E-state index in [1.54, 1.807) is 19.4 Å². The molecule has 0 saturated heterocycles. The predicted octanol–water partition coefficient (Wildman–Crippen LogP) is 4.43. The average molecular weight is 324 g/mol. The van der Waals surface area contributed by atoms with Gasteiger partial charge in [-0.15, -0.1) is 0 Å². The summed E-state index contributed by atoms with van der Waals surface area (Å²) in [5, 5.41) is 2.64. The number of nitrogens with one attached hydrogen (secondary N) is 2. The van der Waals surface area contributed by atoms with Gasteiger partial charge in [0.2, 0.25) is 0 Å². The highest BCUT2D eigenvalue weighted by Crippen LogP contribution is 2.32. The topological polar surface area (TPSA) is 54.3 Å². The van der Waals surface area contributed by atoms with E-state index in [1.165, 1.54) is 11.9 Å². The lowest BCUT2D eigenvalue weighted by molar-refractivity contribution is 0.0963. The van der Waals surface area contributed by atoms with Gasteiger partial charge in [-0.3, -0.25) is 4.79 Å². The molecule has 2 aromatic carbocycles. The lowest BCUT2D eigenvalue weighted by Gasteiger charge is -2.12. The number of rotatable bonds is 5. The zero-order valence-electron chi connectivity index (χ0n) is 12.6. The first-order valence-electron chi connectivity index (χ1n) is 7.16. The first-order valence-corrected chi connectivity index (χ1v) is 7.97. The predicted molar refractivity (Wildman–Crippen MR) is 93.5 cm³/mol. The Labute approximate surface area is 139 Å². The summed E-state index contributed by atoms with van der Waals surface area (Å²) in [6.45, 7) is 0. The Morgan fingerprint density at radius 1 is 1.04 bits per heavy atom. The molecule has 0 aliphatic heterocycles. The second-order valence-electron chi connectivity index (χ2n) is 4.83. The number of carbonyl (C=O) groups is 1. The molecular formula is C18H16N2O2S. The fourth-order valence-electron chi connectivity index (χ4n) is 2.16. The Hall–Kier alpha value is -2.66. The fourth-order valence-corrected chi connectivity index (χ4v) is 2.85. The van der Waals surface area contributed by atoms with E-state index in [-0.39, 0.29) is 5.91 Å². The van der Waals surface area contributed by atoms with E-state index >= 15 is 0 Å². The maximum atomic E-state index is 11.9. The molecule has 3 aromatic rings. The molecule has 0 atom stereocenters. The number of carbonyl (C=O) groups excluding carboxylic acids is 1. The third kappa shape index (κ3) is 3.57. The Kier molecular flexibility index (Phi) is 4.68. The van der Waals surface area contributed by atoms with Crippen LogP contribution in [0.4, 0.5) is 5.69 Å². The number of benzene rings is 2. The molecule has 1 aromatic heterocycles. The molecule has 0 fully saturated rings. The molecule has 0 aliphatic carbocycles. The first kappa shape index (κ1) is 15.2. The molecule has 3 rings (SSSR count). The quantitative estimate of drug-likeness (QED) is 0.682. The Bertz CT molecular complexity index is 786. The molecule has 116 valence electrons. The summed E-state index contributed by atoms with van der Waals surface area (Å²) in [4.78, 5) is 13.0. The van der Waals surface area contributed by atoms with Gasteiger partial charge in [0.1, 0.15) is 5.76 Å². The monoisotopic (exact) mass is 324 g/mol. The van der Waals surface area contributed by atoms with Crippen molar-refractivity contribution in [2.45, 2.75) is 4.90 Å². The number of hydrogen-bond donors (Lipinski definition) is 2. The maximum absolute atomic E-state index is 11.9. The lowest BCUT2D eigenvalue weighted by Crippen LogP contribution is -2.17. The van der Waals surface area contributed by atoms with E-state index < -0.39 is 0 Å². The minimum atomic E-state index is -0.122. The molecule has 5 heteroatoms. The molecular weight excluding hydrogens is 308 g/mol. The van der Waals surface area contributed by atoms with Crippen LogP contribution in [0.25, 0.3) is 11.3 Å². The smallest absolute Gasteiger partial charge is 0.251 e. The third-order valence-electron chi connectivity index (χ3n) is 3.32. The molecule has 0 radical (unpaired) electrons. The normalized spacial score (nSPS) is 10.3. The van der Waals surface area contributed by atoms with Gasteiger partial charge in [-0.05, 0) is 54.4 Å². The summed E-state index contributed by atoms with van der Waals surface area (Å²) in [7, 11) is 1.62. The minimum absolute atomic E-state index is 0.122. The van der Waals surface area contributed by atoms with Gasteiger partial charge in [0, 0.05) is 23.1 Å². The summed E-state index contributed by atoms with van der Waals surface area (Å²) in [6, 6.07) is 19.2. The van der Waals surface area contributed by atoms with Gasteiger partial charge < -0.3 is 14.5 Å². The molecule has 0 bridgehead atoms. The number of hydrogen-bond acceptors (Lipinski definition) is 4. The van der Waals surface area contributed by atoms with E-state index in [1.807, 2.05) is 54.6 Å². The average Bonchev–Trinajstić information content (AvgIpc) is 3.14. The molecule has 23 heavy (non-hydrogen) atoms. The van der Waals surface area contributed by atoms with Crippen LogP contribution >= 0.6 is 11.9 Å². The number of anilines is 1. The minimum Gasteiger partial charge on any atom is -0.464 e. The van der Waals surface area contributed by atoms with Gasteiger partial charge >= 0.3 is 0 Å². The molecule has 1 amide bonds. The van der Waals surface area contributed by atoms with Crippen LogP contribution in [0.15, 0.2) is 76.2 Å². The van der Waals surface area contributed by atoms with Gasteiger partial charge in [-0.2, -0.15) is 0 Å². The van der Waals surface area contributed by atoms with Crippen molar-refractivity contribution in [3.8, 4) is 11.3 Å². The lowest BCUT2D eigenvalue weighted by atomic mass is 10.1. The summed E-state index contributed by atoms with van der Waals surface area (Å²) in [6.07, 6.45) is 1.64. The number of amides is 1. The van der Waals surface area contributed by atoms with Crippen molar-refractivity contribution in [2.24, 2.45) is 0 Å². The molecule has 2 N–H and O–H groups in total. The number of furan rings is 1. The Balaban J connectivity index is 1.92. The standard InChI is InChI=1S/C18H16N2O2S/c1-19-18(21)13-9-10-15(17-8-5-11-22-17)16(12-13)20-23-14-6-3-2-4-7-14/h2-12,20H,1H3,(H,19,21). The zero-order valence-corrected chi connectivity index (χ0v) is 13.4. The van der Waals surface area contributed by atoms with Crippen LogP contribution < -0.4 is 10.0 Å². The summed E-state index contributed by atoms with van der Waals surface area (Å²) < 4.78 is 8.80. The molecule has 1 heterocycles. The highest BCUT2D eigenvalue weighted by atomic mass is 32.2. The van der Waals surface area contributed by atoms with Gasteiger partial charge in [-0.25, -0.2) is 0 Å². The summed E-state index contributed by atoms with van der Waals surface area (Å²) in [5.41, 5.74) is 2.33. The van der Waals surface area contributed by atoms with Gasteiger partial charge in [0.15, 0.2) is 0 Å². The van der Waals surface area contributed by atoms with E-state index in [0.717, 1.165) is 21.9 Å². The fraction of sp³-hybridized carbons (Fsp3) is 0.0556. The van der Waals surface area contributed by atoms with Gasteiger partial charge in [-0.1, -0.05) is 18.2 Å². The van der Waals surface area contributed by atoms with Crippen LogP contribution in [0.3, 0.4) is 0 Å². The van der Waals surface area contributed by atoms with E-state index in [9.17, 15) is 4.79 Å². The van der Waals surface area contributed by atoms with Crippen molar-refractivity contribution in [3.05, 3.63) is 72.5 Å². The van der Waals surface area contributed by atoms with Gasteiger partial charge in [0.05, 0.1) is 12.0 Å². The van der Waals surface area contributed by atoms with Crippen molar-refractivity contribution < 1.29 is 9.21 Å². The Morgan fingerprint density at radius 2 is 1.87 bits per heavy atom. The van der Waals surface area contributed by atoms with E-state index in [0.29, 0.717) is 5.56 Å². The molecule has 0 saturated carbocycles. The van der Waals surface area contributed by atoms with Crippen molar-refractivity contribution in [1.29, 1.82) is 0 Å². The van der Waals surface area contributed by atoms with Crippen LogP contribution in [-0.2, 0) is 0 Å². The van der Waals surface area contributed by atoms with E-state index in [2.05, 4.69) is 10.0 Å². The maximum Gasteiger partial charge on any atom is 0.251 e. The van der Waals surface area contributed by atoms with Crippen LogP contribution in [0.5, 0.6) is 0 Å². The second-order valence-corrected chi connectivity index (χ2v) is 5.71. The van der Waals surface area contributed by atoms with Crippen molar-refractivity contribution in [1.82, 2.24) is 5.32 Å². The highest BCUT2D eigenvalue weighted by Gasteiger charge is 2.12. The van der Waals surface area contributed by atoms with Crippen LogP contribution in [0.2, 0.25) is 0 Å². The molecule has 0 spiro atoms. The SMILES string of the molecule is CNC(=O)c1ccc(-c2ccco2)c(NSc2ccccc2)c1. The van der Waals surface area contributed by atoms with Crippen molar-refractivity contribution in [2.75, 3.05) is 11.8 Å². The summed E-state index contributed by atoms with van der Waals surface area (Å²) in [5.74, 6) is 0.633. The van der Waals surface area contributed by atoms with E-state index in [4.69, 9.17) is 4.42 Å². The van der Waals surface area contributed by atoms with Gasteiger partial charge in [0.25, 0.3) is 5.91 Å².